The van der Waals surface area contributed by atoms with Crippen LogP contribution in [-0.4, -0.2) is 10.5 Å². The van der Waals surface area contributed by atoms with Crippen molar-refractivity contribution in [2.45, 2.75) is 20.3 Å². The molecule has 0 aliphatic heterocycles. The van der Waals surface area contributed by atoms with E-state index in [4.69, 9.17) is 11.6 Å². The predicted molar refractivity (Wildman–Crippen MR) is 112 cm³/mol. The summed E-state index contributed by atoms with van der Waals surface area (Å²) in [4.78, 5) is 13.3. The van der Waals surface area contributed by atoms with Gasteiger partial charge in [0.2, 0.25) is 0 Å². The van der Waals surface area contributed by atoms with Crippen LogP contribution >= 0.6 is 11.6 Å². The number of rotatable bonds is 3. The molecule has 1 aromatic heterocycles. The zero-order chi connectivity index (χ0) is 19.0. The first kappa shape index (κ1) is 17.6. The van der Waals surface area contributed by atoms with Crippen LogP contribution in [-0.2, 0) is 6.42 Å². The molecule has 1 heterocycles. The van der Waals surface area contributed by atoms with Crippen LogP contribution in [0.3, 0.4) is 0 Å². The second kappa shape index (κ2) is 7.05. The van der Waals surface area contributed by atoms with Gasteiger partial charge in [0.15, 0.2) is 0 Å². The van der Waals surface area contributed by atoms with E-state index in [2.05, 4.69) is 31.2 Å². The molecule has 134 valence electrons. The van der Waals surface area contributed by atoms with Crippen LogP contribution < -0.4 is 0 Å². The molecular formula is C24H20ClNO. The van der Waals surface area contributed by atoms with Crippen LogP contribution in [0, 0.1) is 13.8 Å². The first-order valence-corrected chi connectivity index (χ1v) is 9.37. The summed E-state index contributed by atoms with van der Waals surface area (Å²) < 4.78 is 1.83. The third-order valence-electron chi connectivity index (χ3n) is 5.01. The fourth-order valence-corrected chi connectivity index (χ4v) is 3.73. The second-order valence-corrected chi connectivity index (χ2v) is 7.33. The highest BCUT2D eigenvalue weighted by Crippen LogP contribution is 2.30. The summed E-state index contributed by atoms with van der Waals surface area (Å²) in [5.41, 5.74) is 6.19. The Bertz CT molecular complexity index is 1120. The van der Waals surface area contributed by atoms with Gasteiger partial charge in [0, 0.05) is 21.7 Å². The zero-order valence-corrected chi connectivity index (χ0v) is 16.1. The maximum Gasteiger partial charge on any atom is 0.262 e. The molecule has 0 bridgehead atoms. The molecule has 3 aromatic carbocycles. The highest BCUT2D eigenvalue weighted by Gasteiger charge is 2.20. The topological polar surface area (TPSA) is 22.0 Å². The van der Waals surface area contributed by atoms with Crippen molar-refractivity contribution in [1.82, 2.24) is 4.57 Å². The summed E-state index contributed by atoms with van der Waals surface area (Å²) in [5, 5.41) is 1.76. The molecule has 27 heavy (non-hydrogen) atoms. The van der Waals surface area contributed by atoms with Gasteiger partial charge < -0.3 is 0 Å². The minimum Gasteiger partial charge on any atom is -0.280 e. The third-order valence-corrected chi connectivity index (χ3v) is 5.26. The molecule has 0 N–H and O–H groups in total. The van der Waals surface area contributed by atoms with Crippen LogP contribution in [0.15, 0.2) is 72.8 Å². The SMILES string of the molecule is Cc1ccc2c(c1)c(Cc1ccccc1)c(C)n2C(=O)c1ccc(Cl)cc1. The number of aromatic nitrogens is 1. The van der Waals surface area contributed by atoms with E-state index in [9.17, 15) is 4.79 Å². The zero-order valence-electron chi connectivity index (χ0n) is 15.4. The number of fused-ring (bicyclic) bond motifs is 1. The summed E-state index contributed by atoms with van der Waals surface area (Å²) in [5.74, 6) is -0.0302. The standard InChI is InChI=1S/C24H20ClNO/c1-16-8-13-23-22(14-16)21(15-18-6-4-3-5-7-18)17(2)26(23)24(27)19-9-11-20(25)12-10-19/h3-14H,15H2,1-2H3. The normalized spacial score (nSPS) is 11.1. The minimum atomic E-state index is -0.0302. The maximum atomic E-state index is 13.3. The van der Waals surface area contributed by atoms with Gasteiger partial charge in [-0.25, -0.2) is 0 Å². The van der Waals surface area contributed by atoms with E-state index in [1.54, 1.807) is 24.3 Å². The number of benzene rings is 3. The number of hydrogen-bond acceptors (Lipinski definition) is 1. The van der Waals surface area contributed by atoms with Gasteiger partial charge in [-0.15, -0.1) is 0 Å². The van der Waals surface area contributed by atoms with E-state index >= 15 is 0 Å². The van der Waals surface area contributed by atoms with Crippen molar-refractivity contribution < 1.29 is 4.79 Å². The minimum absolute atomic E-state index is 0.0302. The van der Waals surface area contributed by atoms with Gasteiger partial charge in [-0.3, -0.25) is 9.36 Å². The van der Waals surface area contributed by atoms with Gasteiger partial charge in [-0.2, -0.15) is 0 Å². The second-order valence-electron chi connectivity index (χ2n) is 6.89. The van der Waals surface area contributed by atoms with E-state index in [0.29, 0.717) is 10.6 Å². The Morgan fingerprint density at radius 1 is 0.926 bits per heavy atom. The molecule has 3 heteroatoms. The molecule has 4 aromatic rings. The van der Waals surface area contributed by atoms with E-state index < -0.39 is 0 Å². The number of carbonyl (C=O) groups excluding carboxylic acids is 1. The van der Waals surface area contributed by atoms with Gasteiger partial charge in [0.1, 0.15) is 0 Å². The maximum absolute atomic E-state index is 13.3. The first-order chi connectivity index (χ1) is 13.0. The average molecular weight is 374 g/mol. The predicted octanol–water partition coefficient (Wildman–Crippen LogP) is 6.19. The molecule has 0 unspecified atom stereocenters. The van der Waals surface area contributed by atoms with Gasteiger partial charge in [0.05, 0.1) is 5.52 Å². The molecule has 0 aliphatic carbocycles. The van der Waals surface area contributed by atoms with E-state index in [1.807, 2.05) is 35.8 Å². The van der Waals surface area contributed by atoms with Gasteiger partial charge >= 0.3 is 0 Å². The number of hydrogen-bond donors (Lipinski definition) is 0. The van der Waals surface area contributed by atoms with Crippen LogP contribution in [0.5, 0.6) is 0 Å². The first-order valence-electron chi connectivity index (χ1n) is 8.99. The third kappa shape index (κ3) is 3.29. The molecule has 4 rings (SSSR count). The van der Waals surface area contributed by atoms with Crippen LogP contribution in [0.1, 0.15) is 32.7 Å². The molecular weight excluding hydrogens is 354 g/mol. The van der Waals surface area contributed by atoms with Crippen LogP contribution in [0.2, 0.25) is 5.02 Å². The quantitative estimate of drug-likeness (QED) is 0.419. The molecule has 0 saturated carbocycles. The largest absolute Gasteiger partial charge is 0.280 e. The Balaban J connectivity index is 1.89. The average Bonchev–Trinajstić information content (AvgIpc) is 2.94. The highest BCUT2D eigenvalue weighted by molar-refractivity contribution is 6.30. The smallest absolute Gasteiger partial charge is 0.262 e. The van der Waals surface area contributed by atoms with Crippen LogP contribution in [0.4, 0.5) is 0 Å². The van der Waals surface area contributed by atoms with Crippen molar-refractivity contribution in [2.75, 3.05) is 0 Å². The number of halogens is 1. The Morgan fingerprint density at radius 3 is 2.33 bits per heavy atom. The summed E-state index contributed by atoms with van der Waals surface area (Å²) in [6.45, 7) is 4.11. The van der Waals surface area contributed by atoms with Crippen molar-refractivity contribution in [2.24, 2.45) is 0 Å². The van der Waals surface area contributed by atoms with Crippen molar-refractivity contribution in [3.8, 4) is 0 Å². The van der Waals surface area contributed by atoms with Crippen molar-refractivity contribution in [3.05, 3.63) is 106 Å². The Labute approximate surface area is 164 Å². The molecule has 0 radical (unpaired) electrons. The summed E-state index contributed by atoms with van der Waals surface area (Å²) in [6, 6.07) is 23.7. The molecule has 2 nitrogen and oxygen atoms in total. The lowest BCUT2D eigenvalue weighted by Crippen LogP contribution is -2.13. The fraction of sp³-hybridized carbons (Fsp3) is 0.125. The van der Waals surface area contributed by atoms with Gasteiger partial charge in [-0.1, -0.05) is 53.6 Å². The Morgan fingerprint density at radius 2 is 1.63 bits per heavy atom. The van der Waals surface area contributed by atoms with Gasteiger partial charge in [-0.05, 0) is 67.8 Å². The number of carbonyl (C=O) groups is 1. The lowest BCUT2D eigenvalue weighted by atomic mass is 10.0. The molecule has 0 amide bonds. The fourth-order valence-electron chi connectivity index (χ4n) is 3.60. The lowest BCUT2D eigenvalue weighted by Gasteiger charge is -2.08. The highest BCUT2D eigenvalue weighted by atomic mass is 35.5. The van der Waals surface area contributed by atoms with E-state index in [0.717, 1.165) is 23.0 Å². The Kier molecular flexibility index (Phi) is 4.59. The summed E-state index contributed by atoms with van der Waals surface area (Å²) >= 11 is 5.98. The number of aryl methyl sites for hydroxylation is 1. The van der Waals surface area contributed by atoms with Crippen molar-refractivity contribution >= 4 is 28.4 Å². The van der Waals surface area contributed by atoms with Crippen molar-refractivity contribution in [3.63, 3.8) is 0 Å². The molecule has 0 atom stereocenters. The molecule has 0 saturated heterocycles. The van der Waals surface area contributed by atoms with E-state index in [-0.39, 0.29) is 5.91 Å². The Hall–Kier alpha value is -2.84. The lowest BCUT2D eigenvalue weighted by molar-refractivity contribution is 0.0963. The van der Waals surface area contributed by atoms with E-state index in [1.165, 1.54) is 16.7 Å². The molecule has 0 aliphatic rings. The molecule has 0 fully saturated rings. The molecule has 0 spiro atoms. The van der Waals surface area contributed by atoms with Crippen molar-refractivity contribution in [1.29, 1.82) is 0 Å². The van der Waals surface area contributed by atoms with Gasteiger partial charge in [0.25, 0.3) is 5.91 Å². The number of nitrogens with zero attached hydrogens (tertiary/aromatic N) is 1. The summed E-state index contributed by atoms with van der Waals surface area (Å²) in [6.07, 6.45) is 0.799. The van der Waals surface area contributed by atoms with Crippen LogP contribution in [0.25, 0.3) is 10.9 Å². The monoisotopic (exact) mass is 373 g/mol. The summed E-state index contributed by atoms with van der Waals surface area (Å²) in [7, 11) is 0.